The molecule has 7 nitrogen and oxygen atoms in total. The molecule has 19 heavy (non-hydrogen) atoms. The van der Waals surface area contributed by atoms with Crippen LogP contribution in [0.1, 0.15) is 26.5 Å². The van der Waals surface area contributed by atoms with E-state index in [1.807, 2.05) is 6.92 Å². The summed E-state index contributed by atoms with van der Waals surface area (Å²) in [5.41, 5.74) is 0.451. The Kier molecular flexibility index (Phi) is 3.61. The molecule has 0 saturated carbocycles. The molecule has 2 rings (SSSR count). The number of halogens is 1. The van der Waals surface area contributed by atoms with Crippen LogP contribution in [0.5, 0.6) is 0 Å². The number of aromatic amines is 1. The second kappa shape index (κ2) is 5.19. The number of hydrogen-bond donors (Lipinski definition) is 3. The Morgan fingerprint density at radius 3 is 2.79 bits per heavy atom. The van der Waals surface area contributed by atoms with Crippen LogP contribution in [0.25, 0.3) is 0 Å². The summed E-state index contributed by atoms with van der Waals surface area (Å²) < 4.78 is 0.816. The first-order chi connectivity index (χ1) is 8.99. The monoisotopic (exact) mass is 324 g/mol. The maximum Gasteiger partial charge on any atom is 0.354 e. The summed E-state index contributed by atoms with van der Waals surface area (Å²) in [6.45, 7) is 1.85. The number of rotatable bonds is 3. The molecule has 0 bridgehead atoms. The molecule has 0 fully saturated rings. The zero-order valence-electron chi connectivity index (χ0n) is 9.77. The van der Waals surface area contributed by atoms with Gasteiger partial charge in [-0.1, -0.05) is 0 Å². The summed E-state index contributed by atoms with van der Waals surface area (Å²) in [5, 5.41) is 11.4. The Labute approximate surface area is 116 Å². The molecule has 8 heteroatoms. The molecule has 0 unspecified atom stereocenters. The maximum atomic E-state index is 11.9. The van der Waals surface area contributed by atoms with Gasteiger partial charge in [-0.25, -0.2) is 14.8 Å². The number of amides is 1. The molecule has 2 heterocycles. The second-order valence-corrected chi connectivity index (χ2v) is 4.56. The molecule has 3 N–H and O–H groups in total. The fraction of sp³-hybridized carbons (Fsp3) is 0.0909. The first-order valence-corrected chi connectivity index (χ1v) is 5.98. The minimum absolute atomic E-state index is 0.185. The molecule has 0 radical (unpaired) electrons. The summed E-state index contributed by atoms with van der Waals surface area (Å²) in [7, 11) is 0. The maximum absolute atomic E-state index is 11.9. The number of aryl methyl sites for hydroxylation is 1. The minimum atomic E-state index is -1.25. The fourth-order valence-electron chi connectivity index (χ4n) is 1.41. The fourth-order valence-corrected chi connectivity index (χ4v) is 1.63. The molecule has 0 aliphatic rings. The van der Waals surface area contributed by atoms with Gasteiger partial charge in [-0.05, 0) is 34.5 Å². The standard InChI is InChI=1S/C11H9BrN4O3/c1-5-2-7(13-3-6(5)12)16-10(17)8-9(11(18)19)15-4-14-8/h2-4H,1H3,(H,14,15)(H,18,19)(H,13,16,17). The van der Waals surface area contributed by atoms with Gasteiger partial charge in [0.25, 0.3) is 5.91 Å². The van der Waals surface area contributed by atoms with Crippen molar-refractivity contribution >= 4 is 33.6 Å². The summed E-state index contributed by atoms with van der Waals surface area (Å²) in [5.74, 6) is -1.56. The normalized spacial score (nSPS) is 10.2. The third-order valence-electron chi connectivity index (χ3n) is 2.36. The Morgan fingerprint density at radius 2 is 2.16 bits per heavy atom. The predicted molar refractivity (Wildman–Crippen MR) is 70.2 cm³/mol. The van der Waals surface area contributed by atoms with Crippen LogP contribution in [0.4, 0.5) is 5.82 Å². The molecule has 98 valence electrons. The molecule has 0 aliphatic carbocycles. The van der Waals surface area contributed by atoms with Gasteiger partial charge in [0.05, 0.1) is 6.33 Å². The van der Waals surface area contributed by atoms with Gasteiger partial charge < -0.3 is 15.4 Å². The number of imidazole rings is 1. The smallest absolute Gasteiger partial charge is 0.354 e. The Morgan fingerprint density at radius 1 is 1.42 bits per heavy atom. The van der Waals surface area contributed by atoms with Crippen LogP contribution >= 0.6 is 15.9 Å². The Hall–Kier alpha value is -2.22. The number of carbonyl (C=O) groups is 2. The van der Waals surface area contributed by atoms with Crippen molar-refractivity contribution in [1.82, 2.24) is 15.0 Å². The van der Waals surface area contributed by atoms with Gasteiger partial charge in [0, 0.05) is 10.7 Å². The zero-order chi connectivity index (χ0) is 14.0. The van der Waals surface area contributed by atoms with Crippen LogP contribution in [0.2, 0.25) is 0 Å². The highest BCUT2D eigenvalue weighted by atomic mass is 79.9. The second-order valence-electron chi connectivity index (χ2n) is 3.70. The number of H-pyrrole nitrogens is 1. The van der Waals surface area contributed by atoms with E-state index in [4.69, 9.17) is 5.11 Å². The number of nitrogens with zero attached hydrogens (tertiary/aromatic N) is 2. The lowest BCUT2D eigenvalue weighted by Crippen LogP contribution is -2.17. The first kappa shape index (κ1) is 13.2. The van der Waals surface area contributed by atoms with E-state index < -0.39 is 11.9 Å². The average Bonchev–Trinajstić information content (AvgIpc) is 2.83. The van der Waals surface area contributed by atoms with E-state index in [-0.39, 0.29) is 11.4 Å². The lowest BCUT2D eigenvalue weighted by molar-refractivity contribution is 0.0686. The van der Waals surface area contributed by atoms with E-state index in [0.29, 0.717) is 5.82 Å². The molecule has 0 aromatic carbocycles. The number of pyridine rings is 1. The molecule has 2 aromatic rings. The molecule has 1 amide bonds. The van der Waals surface area contributed by atoms with E-state index in [9.17, 15) is 9.59 Å². The Bertz CT molecular complexity index is 653. The highest BCUT2D eigenvalue weighted by Crippen LogP contribution is 2.17. The lowest BCUT2D eigenvalue weighted by atomic mass is 10.3. The number of hydrogen-bond acceptors (Lipinski definition) is 4. The van der Waals surface area contributed by atoms with Crippen LogP contribution in [-0.2, 0) is 0 Å². The van der Waals surface area contributed by atoms with Gasteiger partial charge in [0.2, 0.25) is 0 Å². The lowest BCUT2D eigenvalue weighted by Gasteiger charge is -2.05. The van der Waals surface area contributed by atoms with Crippen molar-refractivity contribution in [2.75, 3.05) is 5.32 Å². The van der Waals surface area contributed by atoms with Crippen molar-refractivity contribution < 1.29 is 14.7 Å². The van der Waals surface area contributed by atoms with Crippen molar-refractivity contribution in [2.24, 2.45) is 0 Å². The highest BCUT2D eigenvalue weighted by Gasteiger charge is 2.20. The van der Waals surface area contributed by atoms with E-state index in [1.54, 1.807) is 12.3 Å². The van der Waals surface area contributed by atoms with Gasteiger partial charge in [-0.15, -0.1) is 0 Å². The number of nitrogens with one attached hydrogen (secondary N) is 2. The number of aromatic nitrogens is 3. The zero-order valence-corrected chi connectivity index (χ0v) is 11.4. The number of carbonyl (C=O) groups excluding carboxylic acids is 1. The molecule has 0 spiro atoms. The van der Waals surface area contributed by atoms with Crippen LogP contribution in [-0.4, -0.2) is 31.9 Å². The van der Waals surface area contributed by atoms with Gasteiger partial charge in [-0.3, -0.25) is 4.79 Å². The molecular weight excluding hydrogens is 316 g/mol. The van der Waals surface area contributed by atoms with Crippen LogP contribution in [0.3, 0.4) is 0 Å². The van der Waals surface area contributed by atoms with Crippen molar-refractivity contribution in [3.8, 4) is 0 Å². The summed E-state index contributed by atoms with van der Waals surface area (Å²) in [4.78, 5) is 32.8. The molecule has 0 aliphatic heterocycles. The SMILES string of the molecule is Cc1cc(NC(=O)c2nc[nH]c2C(=O)O)ncc1Br. The van der Waals surface area contributed by atoms with E-state index in [1.165, 1.54) is 0 Å². The van der Waals surface area contributed by atoms with Crippen LogP contribution in [0.15, 0.2) is 23.1 Å². The van der Waals surface area contributed by atoms with Gasteiger partial charge in [-0.2, -0.15) is 0 Å². The van der Waals surface area contributed by atoms with Gasteiger partial charge >= 0.3 is 5.97 Å². The quantitative estimate of drug-likeness (QED) is 0.798. The first-order valence-electron chi connectivity index (χ1n) is 5.19. The van der Waals surface area contributed by atoms with Crippen molar-refractivity contribution in [2.45, 2.75) is 6.92 Å². The van der Waals surface area contributed by atoms with E-state index >= 15 is 0 Å². The van der Waals surface area contributed by atoms with E-state index in [0.717, 1.165) is 16.4 Å². The number of carboxylic acids is 1. The summed E-state index contributed by atoms with van der Waals surface area (Å²) in [6, 6.07) is 1.66. The number of aromatic carboxylic acids is 1. The predicted octanol–water partition coefficient (Wildman–Crippen LogP) is 1.83. The minimum Gasteiger partial charge on any atom is -0.477 e. The van der Waals surface area contributed by atoms with Gasteiger partial charge in [0.15, 0.2) is 11.4 Å². The van der Waals surface area contributed by atoms with Crippen LogP contribution < -0.4 is 5.32 Å². The third-order valence-corrected chi connectivity index (χ3v) is 3.19. The Balaban J connectivity index is 2.23. The van der Waals surface area contributed by atoms with Gasteiger partial charge in [0.1, 0.15) is 5.82 Å². The summed E-state index contributed by atoms with van der Waals surface area (Å²) >= 11 is 3.29. The molecule has 0 atom stereocenters. The summed E-state index contributed by atoms with van der Waals surface area (Å²) in [6.07, 6.45) is 2.70. The van der Waals surface area contributed by atoms with E-state index in [2.05, 4.69) is 36.2 Å². The topological polar surface area (TPSA) is 108 Å². The third kappa shape index (κ3) is 2.79. The van der Waals surface area contributed by atoms with Crippen molar-refractivity contribution in [3.05, 3.63) is 40.0 Å². The average molecular weight is 325 g/mol. The highest BCUT2D eigenvalue weighted by molar-refractivity contribution is 9.10. The largest absolute Gasteiger partial charge is 0.477 e. The van der Waals surface area contributed by atoms with Crippen LogP contribution in [0, 0.1) is 6.92 Å². The van der Waals surface area contributed by atoms with Crippen molar-refractivity contribution in [1.29, 1.82) is 0 Å². The molecule has 0 saturated heterocycles. The number of carboxylic acid groups (broad SMARTS) is 1. The molecule has 2 aromatic heterocycles. The van der Waals surface area contributed by atoms with Crippen molar-refractivity contribution in [3.63, 3.8) is 0 Å². The number of anilines is 1. The molecular formula is C11H9BrN4O3.